The number of alkyl halides is 2. The van der Waals surface area contributed by atoms with Crippen molar-refractivity contribution in [2.24, 2.45) is 0 Å². The Balaban J connectivity index is 2.63. The van der Waals surface area contributed by atoms with Gasteiger partial charge < -0.3 is 20.1 Å². The zero-order valence-electron chi connectivity index (χ0n) is 6.10. The third kappa shape index (κ3) is 1.84. The smallest absolute Gasteiger partial charge is 0.183 e. The van der Waals surface area contributed by atoms with E-state index in [9.17, 15) is 5.11 Å². The molecule has 1 aliphatic rings. The largest absolute Gasteiger partial charge is 0.389 e. The summed E-state index contributed by atoms with van der Waals surface area (Å²) in [7, 11) is 0. The first-order chi connectivity index (χ1) is 5.57. The van der Waals surface area contributed by atoms with Crippen LogP contribution in [0.4, 0.5) is 0 Å². The predicted octanol–water partition coefficient (Wildman–Crippen LogP) is -0.728. The molecule has 0 aliphatic carbocycles. The molecule has 6 heteroatoms. The quantitative estimate of drug-likeness (QED) is 0.506. The zero-order chi connectivity index (χ0) is 9.30. The van der Waals surface area contributed by atoms with Gasteiger partial charge in [-0.25, -0.2) is 0 Å². The van der Waals surface area contributed by atoms with E-state index in [1.807, 2.05) is 0 Å². The van der Waals surface area contributed by atoms with E-state index in [2.05, 4.69) is 0 Å². The molecule has 5 atom stereocenters. The minimum Gasteiger partial charge on any atom is -0.389 e. The Morgan fingerprint density at radius 2 is 1.75 bits per heavy atom. The lowest BCUT2D eigenvalue weighted by atomic mass is 10.0. The molecule has 1 fully saturated rings. The van der Waals surface area contributed by atoms with Crippen molar-refractivity contribution in [3.05, 3.63) is 0 Å². The summed E-state index contributed by atoms with van der Waals surface area (Å²) >= 11 is 11.1. The van der Waals surface area contributed by atoms with Crippen LogP contribution in [-0.4, -0.2) is 51.2 Å². The van der Waals surface area contributed by atoms with Gasteiger partial charge in [-0.3, -0.25) is 0 Å². The fraction of sp³-hybridized carbons (Fsp3) is 1.00. The standard InChI is InChI=1S/C6H10Cl2O4/c7-1-2-3(8)4(9)5(10)6(11)12-2/h2-6,9-11H,1H2/t2-,3+,4-,5-,6+/m0/s1. The summed E-state index contributed by atoms with van der Waals surface area (Å²) < 4.78 is 4.81. The molecule has 0 unspecified atom stereocenters. The lowest BCUT2D eigenvalue weighted by Gasteiger charge is -2.37. The van der Waals surface area contributed by atoms with Gasteiger partial charge in [0.2, 0.25) is 0 Å². The number of rotatable bonds is 1. The normalized spacial score (nSPS) is 49.2. The minimum absolute atomic E-state index is 0.0645. The molecule has 1 saturated heterocycles. The maximum absolute atomic E-state index is 9.24. The van der Waals surface area contributed by atoms with Crippen LogP contribution in [0, 0.1) is 0 Å². The molecule has 0 radical (unpaired) electrons. The maximum atomic E-state index is 9.24. The molecule has 0 bridgehead atoms. The van der Waals surface area contributed by atoms with E-state index in [0.29, 0.717) is 0 Å². The number of ether oxygens (including phenoxy) is 1. The maximum Gasteiger partial charge on any atom is 0.183 e. The van der Waals surface area contributed by atoms with Gasteiger partial charge in [0.05, 0.1) is 17.4 Å². The zero-order valence-corrected chi connectivity index (χ0v) is 7.61. The molecular weight excluding hydrogens is 207 g/mol. The van der Waals surface area contributed by atoms with Crippen LogP contribution in [-0.2, 0) is 4.74 Å². The molecule has 12 heavy (non-hydrogen) atoms. The second-order valence-corrected chi connectivity index (χ2v) is 3.46. The number of aliphatic hydroxyl groups is 3. The van der Waals surface area contributed by atoms with Crippen LogP contribution in [0.5, 0.6) is 0 Å². The van der Waals surface area contributed by atoms with Gasteiger partial charge in [0.1, 0.15) is 12.2 Å². The number of aliphatic hydroxyl groups excluding tert-OH is 3. The molecular formula is C6H10Cl2O4. The Morgan fingerprint density at radius 3 is 2.25 bits per heavy atom. The molecule has 0 aromatic carbocycles. The molecule has 0 spiro atoms. The van der Waals surface area contributed by atoms with Crippen LogP contribution in [0.1, 0.15) is 0 Å². The van der Waals surface area contributed by atoms with E-state index in [4.69, 9.17) is 38.2 Å². The topological polar surface area (TPSA) is 69.9 Å². The molecule has 4 nitrogen and oxygen atoms in total. The number of hydrogen-bond donors (Lipinski definition) is 3. The molecule has 0 aromatic rings. The number of hydrogen-bond acceptors (Lipinski definition) is 4. The van der Waals surface area contributed by atoms with Crippen molar-refractivity contribution >= 4 is 23.2 Å². The SMILES string of the molecule is O[C@@H]1[C@H](O)[C@H](O)O[C@@H](CCl)[C@H]1Cl. The van der Waals surface area contributed by atoms with Crippen molar-refractivity contribution in [3.8, 4) is 0 Å². The third-order valence-corrected chi connectivity index (χ3v) is 2.63. The highest BCUT2D eigenvalue weighted by atomic mass is 35.5. The molecule has 1 heterocycles. The van der Waals surface area contributed by atoms with E-state index in [0.717, 1.165) is 0 Å². The third-order valence-electron chi connectivity index (χ3n) is 1.79. The average Bonchev–Trinajstić information content (AvgIpc) is 2.08. The van der Waals surface area contributed by atoms with Gasteiger partial charge >= 0.3 is 0 Å². The molecule has 3 N–H and O–H groups in total. The van der Waals surface area contributed by atoms with Crippen LogP contribution in [0.15, 0.2) is 0 Å². The Kier molecular flexibility index (Phi) is 3.58. The van der Waals surface area contributed by atoms with E-state index >= 15 is 0 Å². The lowest BCUT2D eigenvalue weighted by molar-refractivity contribution is -0.239. The molecule has 0 amide bonds. The highest BCUT2D eigenvalue weighted by Crippen LogP contribution is 2.24. The molecule has 0 aromatic heterocycles. The monoisotopic (exact) mass is 216 g/mol. The Bertz CT molecular complexity index is 152. The van der Waals surface area contributed by atoms with Gasteiger partial charge in [-0.1, -0.05) is 0 Å². The Hall–Kier alpha value is 0.420. The molecule has 0 saturated carbocycles. The van der Waals surface area contributed by atoms with Gasteiger partial charge in [0.25, 0.3) is 0 Å². The highest BCUT2D eigenvalue weighted by Gasteiger charge is 2.42. The summed E-state index contributed by atoms with van der Waals surface area (Å²) in [4.78, 5) is 0. The fourth-order valence-corrected chi connectivity index (χ4v) is 1.69. The summed E-state index contributed by atoms with van der Waals surface area (Å²) in [6.07, 6.45) is -4.63. The van der Waals surface area contributed by atoms with Crippen molar-refractivity contribution < 1.29 is 20.1 Å². The van der Waals surface area contributed by atoms with E-state index in [1.165, 1.54) is 0 Å². The van der Waals surface area contributed by atoms with Crippen molar-refractivity contribution in [3.63, 3.8) is 0 Å². The first-order valence-electron chi connectivity index (χ1n) is 3.47. The molecule has 1 aliphatic heterocycles. The highest BCUT2D eigenvalue weighted by molar-refractivity contribution is 6.23. The van der Waals surface area contributed by atoms with Gasteiger partial charge in [0, 0.05) is 0 Å². The van der Waals surface area contributed by atoms with Crippen LogP contribution < -0.4 is 0 Å². The second kappa shape index (κ2) is 4.09. The molecule has 72 valence electrons. The first-order valence-corrected chi connectivity index (χ1v) is 4.44. The van der Waals surface area contributed by atoms with E-state index in [-0.39, 0.29) is 5.88 Å². The van der Waals surface area contributed by atoms with E-state index < -0.39 is 30.0 Å². The molecule has 1 rings (SSSR count). The summed E-state index contributed by atoms with van der Waals surface area (Å²) in [5.74, 6) is 0.0645. The second-order valence-electron chi connectivity index (χ2n) is 2.65. The summed E-state index contributed by atoms with van der Waals surface area (Å²) in [6.45, 7) is 0. The van der Waals surface area contributed by atoms with Crippen LogP contribution >= 0.6 is 23.2 Å². The summed E-state index contributed by atoms with van der Waals surface area (Å²) in [5, 5.41) is 26.5. The summed E-state index contributed by atoms with van der Waals surface area (Å²) in [5.41, 5.74) is 0. The Labute approximate surface area is 79.7 Å². The first kappa shape index (κ1) is 10.5. The van der Waals surface area contributed by atoms with Gasteiger partial charge in [-0.05, 0) is 0 Å². The van der Waals surface area contributed by atoms with Gasteiger partial charge in [0.15, 0.2) is 6.29 Å². The Morgan fingerprint density at radius 1 is 1.17 bits per heavy atom. The average molecular weight is 217 g/mol. The van der Waals surface area contributed by atoms with Crippen molar-refractivity contribution in [1.82, 2.24) is 0 Å². The fourth-order valence-electron chi connectivity index (χ4n) is 1.03. The lowest BCUT2D eigenvalue weighted by Crippen LogP contribution is -2.55. The van der Waals surface area contributed by atoms with Crippen molar-refractivity contribution in [1.29, 1.82) is 0 Å². The van der Waals surface area contributed by atoms with Crippen molar-refractivity contribution in [2.45, 2.75) is 30.0 Å². The summed E-state index contributed by atoms with van der Waals surface area (Å²) in [6, 6.07) is 0. The van der Waals surface area contributed by atoms with E-state index in [1.54, 1.807) is 0 Å². The van der Waals surface area contributed by atoms with Crippen LogP contribution in [0.3, 0.4) is 0 Å². The van der Waals surface area contributed by atoms with Crippen molar-refractivity contribution in [2.75, 3.05) is 5.88 Å². The minimum atomic E-state index is -1.42. The van der Waals surface area contributed by atoms with Gasteiger partial charge in [-0.2, -0.15) is 0 Å². The van der Waals surface area contributed by atoms with Gasteiger partial charge in [-0.15, -0.1) is 23.2 Å². The number of halogens is 2. The van der Waals surface area contributed by atoms with Crippen LogP contribution in [0.25, 0.3) is 0 Å². The van der Waals surface area contributed by atoms with Crippen LogP contribution in [0.2, 0.25) is 0 Å². The predicted molar refractivity (Wildman–Crippen MR) is 43.3 cm³/mol.